The van der Waals surface area contributed by atoms with E-state index in [4.69, 9.17) is 4.74 Å². The molecule has 0 spiro atoms. The van der Waals surface area contributed by atoms with Crippen molar-refractivity contribution in [2.24, 2.45) is 5.92 Å². The highest BCUT2D eigenvalue weighted by atomic mass is 79.9. The van der Waals surface area contributed by atoms with Crippen molar-refractivity contribution in [1.82, 2.24) is 5.32 Å². The fraction of sp³-hybridized carbons (Fsp3) is 0.571. The highest BCUT2D eigenvalue weighted by molar-refractivity contribution is 9.10. The van der Waals surface area contributed by atoms with Gasteiger partial charge in [0.25, 0.3) is 0 Å². The van der Waals surface area contributed by atoms with Crippen LogP contribution in [0.25, 0.3) is 0 Å². The van der Waals surface area contributed by atoms with Crippen LogP contribution in [0.3, 0.4) is 0 Å². The normalized spacial score (nSPS) is 21.2. The Bertz CT molecular complexity index is 393. The Morgan fingerprint density at radius 2 is 2.39 bits per heavy atom. The number of ether oxygens (including phenoxy) is 1. The molecule has 4 heteroatoms. The van der Waals surface area contributed by atoms with Gasteiger partial charge in [0, 0.05) is 23.0 Å². The summed E-state index contributed by atoms with van der Waals surface area (Å²) in [5.41, 5.74) is 1.13. The van der Waals surface area contributed by atoms with Crippen molar-refractivity contribution in [1.29, 1.82) is 0 Å². The lowest BCUT2D eigenvalue weighted by Crippen LogP contribution is -2.29. The number of benzene rings is 1. The predicted molar refractivity (Wildman–Crippen MR) is 74.1 cm³/mol. The molecular formula is C14H19BrFNO. The van der Waals surface area contributed by atoms with E-state index in [1.165, 1.54) is 12.1 Å². The molecule has 0 bridgehead atoms. The van der Waals surface area contributed by atoms with Crippen LogP contribution in [0, 0.1) is 11.7 Å². The fourth-order valence-corrected chi connectivity index (χ4v) is 3.00. The Kier molecular flexibility index (Phi) is 5.15. The Balaban J connectivity index is 2.20. The van der Waals surface area contributed by atoms with Crippen LogP contribution < -0.4 is 5.32 Å². The van der Waals surface area contributed by atoms with E-state index in [2.05, 4.69) is 28.2 Å². The van der Waals surface area contributed by atoms with Crippen molar-refractivity contribution in [3.05, 3.63) is 34.1 Å². The minimum atomic E-state index is -0.206. The van der Waals surface area contributed by atoms with E-state index >= 15 is 0 Å². The van der Waals surface area contributed by atoms with E-state index < -0.39 is 0 Å². The van der Waals surface area contributed by atoms with Gasteiger partial charge in [0.05, 0.1) is 6.61 Å². The molecule has 1 heterocycles. The molecule has 1 aromatic carbocycles. The van der Waals surface area contributed by atoms with E-state index in [1.807, 2.05) is 6.07 Å². The molecule has 0 aliphatic carbocycles. The van der Waals surface area contributed by atoms with Crippen LogP contribution in [0.5, 0.6) is 0 Å². The van der Waals surface area contributed by atoms with Crippen LogP contribution in [-0.4, -0.2) is 19.8 Å². The summed E-state index contributed by atoms with van der Waals surface area (Å²) >= 11 is 3.47. The zero-order valence-corrected chi connectivity index (χ0v) is 12.2. The Morgan fingerprint density at radius 3 is 3.00 bits per heavy atom. The fourth-order valence-electron chi connectivity index (χ4n) is 2.40. The van der Waals surface area contributed by atoms with Gasteiger partial charge in [0.15, 0.2) is 0 Å². The van der Waals surface area contributed by atoms with Gasteiger partial charge in [-0.3, -0.25) is 0 Å². The largest absolute Gasteiger partial charge is 0.381 e. The second-order valence-corrected chi connectivity index (χ2v) is 5.58. The first-order valence-corrected chi connectivity index (χ1v) is 7.27. The van der Waals surface area contributed by atoms with E-state index in [-0.39, 0.29) is 11.9 Å². The molecule has 2 rings (SSSR count). The van der Waals surface area contributed by atoms with Crippen LogP contribution in [0.2, 0.25) is 0 Å². The minimum absolute atomic E-state index is 0.206. The highest BCUT2D eigenvalue weighted by Crippen LogP contribution is 2.33. The van der Waals surface area contributed by atoms with Gasteiger partial charge in [-0.15, -0.1) is 0 Å². The molecule has 1 aliphatic rings. The molecule has 100 valence electrons. The first kappa shape index (κ1) is 14.0. The number of nitrogens with one attached hydrogen (secondary N) is 1. The molecule has 2 atom stereocenters. The number of rotatable bonds is 5. The third-order valence-electron chi connectivity index (χ3n) is 3.35. The van der Waals surface area contributed by atoms with Gasteiger partial charge < -0.3 is 10.1 Å². The molecule has 18 heavy (non-hydrogen) atoms. The summed E-state index contributed by atoms with van der Waals surface area (Å²) in [6.45, 7) is 4.72. The zero-order chi connectivity index (χ0) is 13.0. The van der Waals surface area contributed by atoms with Crippen LogP contribution in [0.15, 0.2) is 22.7 Å². The lowest BCUT2D eigenvalue weighted by atomic mass is 9.92. The summed E-state index contributed by atoms with van der Waals surface area (Å²) in [4.78, 5) is 0. The highest BCUT2D eigenvalue weighted by Gasteiger charge is 2.27. The maximum absolute atomic E-state index is 13.2. The van der Waals surface area contributed by atoms with E-state index in [0.29, 0.717) is 5.92 Å². The van der Waals surface area contributed by atoms with Gasteiger partial charge in [0.1, 0.15) is 5.82 Å². The minimum Gasteiger partial charge on any atom is -0.381 e. The third-order valence-corrected chi connectivity index (χ3v) is 4.03. The summed E-state index contributed by atoms with van der Waals surface area (Å²) in [6.07, 6.45) is 2.15. The lowest BCUT2D eigenvalue weighted by molar-refractivity contribution is 0.176. The Morgan fingerprint density at radius 1 is 1.56 bits per heavy atom. The molecule has 2 nitrogen and oxygen atoms in total. The molecule has 1 saturated heterocycles. The summed E-state index contributed by atoms with van der Waals surface area (Å²) < 4.78 is 19.5. The topological polar surface area (TPSA) is 21.3 Å². The molecular weight excluding hydrogens is 297 g/mol. The summed E-state index contributed by atoms with van der Waals surface area (Å²) in [7, 11) is 0. The summed E-state index contributed by atoms with van der Waals surface area (Å²) in [5, 5.41) is 3.56. The van der Waals surface area contributed by atoms with Gasteiger partial charge in [-0.25, -0.2) is 4.39 Å². The zero-order valence-electron chi connectivity index (χ0n) is 10.6. The second-order valence-electron chi connectivity index (χ2n) is 4.72. The molecule has 0 amide bonds. The molecule has 2 unspecified atom stereocenters. The maximum Gasteiger partial charge on any atom is 0.124 e. The van der Waals surface area contributed by atoms with E-state index in [1.54, 1.807) is 0 Å². The van der Waals surface area contributed by atoms with Crippen LogP contribution in [-0.2, 0) is 4.74 Å². The van der Waals surface area contributed by atoms with Crippen molar-refractivity contribution in [3.8, 4) is 0 Å². The van der Waals surface area contributed by atoms with Crippen molar-refractivity contribution in [2.75, 3.05) is 19.8 Å². The van der Waals surface area contributed by atoms with Crippen LogP contribution >= 0.6 is 15.9 Å². The lowest BCUT2D eigenvalue weighted by Gasteiger charge is -2.25. The number of halogens is 2. The molecule has 0 radical (unpaired) electrons. The van der Waals surface area contributed by atoms with Crippen molar-refractivity contribution >= 4 is 15.9 Å². The molecule has 0 saturated carbocycles. The van der Waals surface area contributed by atoms with Crippen molar-refractivity contribution in [3.63, 3.8) is 0 Å². The third kappa shape index (κ3) is 3.31. The maximum atomic E-state index is 13.2. The number of hydrogen-bond acceptors (Lipinski definition) is 2. The summed E-state index contributed by atoms with van der Waals surface area (Å²) in [6, 6.07) is 5.16. The summed E-state index contributed by atoms with van der Waals surface area (Å²) in [5.74, 6) is 0.265. The number of hydrogen-bond donors (Lipinski definition) is 1. The first-order chi connectivity index (χ1) is 8.72. The SMILES string of the molecule is CCCNC(c1ccc(F)cc1Br)C1CCOC1. The van der Waals surface area contributed by atoms with Crippen LogP contribution in [0.1, 0.15) is 31.4 Å². The molecule has 0 aromatic heterocycles. The van der Waals surface area contributed by atoms with Gasteiger partial charge >= 0.3 is 0 Å². The smallest absolute Gasteiger partial charge is 0.124 e. The predicted octanol–water partition coefficient (Wildman–Crippen LogP) is 3.67. The Hall–Kier alpha value is -0.450. The Labute approximate surface area is 116 Å². The monoisotopic (exact) mass is 315 g/mol. The van der Waals surface area contributed by atoms with Crippen molar-refractivity contribution in [2.45, 2.75) is 25.8 Å². The van der Waals surface area contributed by atoms with Gasteiger partial charge in [-0.1, -0.05) is 28.9 Å². The van der Waals surface area contributed by atoms with Gasteiger partial charge in [-0.2, -0.15) is 0 Å². The van der Waals surface area contributed by atoms with E-state index in [0.717, 1.165) is 42.6 Å². The first-order valence-electron chi connectivity index (χ1n) is 6.48. The molecule has 1 aliphatic heterocycles. The van der Waals surface area contributed by atoms with Crippen molar-refractivity contribution < 1.29 is 9.13 Å². The quantitative estimate of drug-likeness (QED) is 0.895. The molecule has 1 fully saturated rings. The van der Waals surface area contributed by atoms with Gasteiger partial charge in [-0.05, 0) is 37.1 Å². The van der Waals surface area contributed by atoms with Crippen LogP contribution in [0.4, 0.5) is 4.39 Å². The van der Waals surface area contributed by atoms with E-state index in [9.17, 15) is 4.39 Å². The average molecular weight is 316 g/mol. The van der Waals surface area contributed by atoms with Gasteiger partial charge in [0.2, 0.25) is 0 Å². The molecule has 1 N–H and O–H groups in total. The average Bonchev–Trinajstić information content (AvgIpc) is 2.85. The molecule has 1 aromatic rings. The second kappa shape index (κ2) is 6.64. The standard InChI is InChI=1S/C14H19BrFNO/c1-2-6-17-14(10-5-7-18-9-10)12-4-3-11(16)8-13(12)15/h3-4,8,10,14,17H,2,5-7,9H2,1H3.